The van der Waals surface area contributed by atoms with Crippen LogP contribution >= 0.6 is 8.25 Å². The predicted molar refractivity (Wildman–Crippen MR) is 102 cm³/mol. The summed E-state index contributed by atoms with van der Waals surface area (Å²) in [6, 6.07) is 8.56. The normalized spacial score (nSPS) is 21.6. The van der Waals surface area contributed by atoms with Gasteiger partial charge in [-0.25, -0.2) is 4.79 Å². The standard InChI is InChI=1S/C17H18N5O6P/c1-11-8-22(17(24)19-16(11)23)15-7-13(20-21-18)14(28-15)10-27-29(25)26-9-12-5-3-2-4-6-12/h2-6,8,13-15H,7,9-10H2,1H3/p+1/t13-,14+,15+/m0/s1. The molecule has 1 aliphatic rings. The fourth-order valence-electron chi connectivity index (χ4n) is 2.90. The van der Waals surface area contributed by atoms with Crippen LogP contribution in [0, 0.1) is 6.92 Å². The number of hydrogen-bond acceptors (Lipinski definition) is 7. The van der Waals surface area contributed by atoms with Crippen molar-refractivity contribution in [1.82, 2.24) is 9.55 Å². The van der Waals surface area contributed by atoms with Crippen LogP contribution in [0.5, 0.6) is 0 Å². The van der Waals surface area contributed by atoms with Gasteiger partial charge in [0.2, 0.25) is 0 Å². The fraction of sp³-hybridized carbons (Fsp3) is 0.412. The van der Waals surface area contributed by atoms with Gasteiger partial charge in [-0.1, -0.05) is 35.4 Å². The molecular weight excluding hydrogens is 401 g/mol. The summed E-state index contributed by atoms with van der Waals surface area (Å²) in [5, 5.41) is 3.67. The van der Waals surface area contributed by atoms with Crippen molar-refractivity contribution in [2.24, 2.45) is 5.11 Å². The second-order valence-electron chi connectivity index (χ2n) is 6.39. The zero-order valence-electron chi connectivity index (χ0n) is 15.5. The number of nitrogens with one attached hydrogen (secondary N) is 1. The maximum atomic E-state index is 12.1. The molecule has 1 aliphatic heterocycles. The summed E-state index contributed by atoms with van der Waals surface area (Å²) < 4.78 is 29.4. The summed E-state index contributed by atoms with van der Waals surface area (Å²) in [6.07, 6.45) is 0.0937. The zero-order chi connectivity index (χ0) is 20.8. The molecule has 3 rings (SSSR count). The summed E-state index contributed by atoms with van der Waals surface area (Å²) >= 11 is 0. The number of nitrogens with zero attached hydrogens (tertiary/aromatic N) is 4. The second-order valence-corrected chi connectivity index (χ2v) is 7.36. The highest BCUT2D eigenvalue weighted by Gasteiger charge is 2.38. The summed E-state index contributed by atoms with van der Waals surface area (Å²) in [5.74, 6) is 0. The highest BCUT2D eigenvalue weighted by atomic mass is 31.1. The van der Waals surface area contributed by atoms with E-state index in [1.165, 1.54) is 10.8 Å². The minimum atomic E-state index is -2.41. The zero-order valence-corrected chi connectivity index (χ0v) is 16.4. The molecule has 0 radical (unpaired) electrons. The van der Waals surface area contributed by atoms with Gasteiger partial charge in [0.25, 0.3) is 5.56 Å². The van der Waals surface area contributed by atoms with Crippen molar-refractivity contribution in [1.29, 1.82) is 0 Å². The van der Waals surface area contributed by atoms with E-state index in [1.54, 1.807) is 6.92 Å². The Morgan fingerprint density at radius 1 is 1.34 bits per heavy atom. The highest BCUT2D eigenvalue weighted by Crippen LogP contribution is 2.33. The molecule has 152 valence electrons. The molecule has 0 amide bonds. The number of rotatable bonds is 8. The second kappa shape index (κ2) is 9.60. The van der Waals surface area contributed by atoms with Gasteiger partial charge in [0.15, 0.2) is 0 Å². The summed E-state index contributed by atoms with van der Waals surface area (Å²) in [5.41, 5.74) is 8.85. The molecule has 4 atom stereocenters. The Bertz CT molecular complexity index is 1030. The molecule has 1 unspecified atom stereocenters. The van der Waals surface area contributed by atoms with E-state index in [0.717, 1.165) is 5.56 Å². The van der Waals surface area contributed by atoms with Gasteiger partial charge in [0.1, 0.15) is 19.4 Å². The first kappa shape index (κ1) is 20.9. The van der Waals surface area contributed by atoms with Gasteiger partial charge in [-0.2, -0.15) is 0 Å². The summed E-state index contributed by atoms with van der Waals surface area (Å²) in [6.45, 7) is 1.53. The topological polar surface area (TPSA) is 148 Å². The Morgan fingerprint density at radius 2 is 2.10 bits per heavy atom. The maximum Gasteiger partial charge on any atom is 0.697 e. The number of aromatic nitrogens is 2. The Balaban J connectivity index is 1.61. The van der Waals surface area contributed by atoms with Crippen LogP contribution in [0.1, 0.15) is 23.8 Å². The third-order valence-electron chi connectivity index (χ3n) is 4.38. The van der Waals surface area contributed by atoms with Crippen LogP contribution in [0.3, 0.4) is 0 Å². The van der Waals surface area contributed by atoms with Gasteiger partial charge < -0.3 is 4.74 Å². The highest BCUT2D eigenvalue weighted by molar-refractivity contribution is 7.33. The molecule has 1 N–H and O–H groups in total. The number of aryl methyl sites for hydroxylation is 1. The maximum absolute atomic E-state index is 12.1. The average Bonchev–Trinajstić information content (AvgIpc) is 3.11. The van der Waals surface area contributed by atoms with E-state index < -0.39 is 37.9 Å². The van der Waals surface area contributed by atoms with E-state index >= 15 is 0 Å². The van der Waals surface area contributed by atoms with Crippen LogP contribution in [-0.2, 0) is 25.0 Å². The molecule has 1 fully saturated rings. The van der Waals surface area contributed by atoms with Gasteiger partial charge in [0, 0.05) is 27.7 Å². The van der Waals surface area contributed by atoms with E-state index in [0.29, 0.717) is 5.56 Å². The molecule has 2 heterocycles. The molecule has 2 aromatic rings. The number of hydrogen-bond donors (Lipinski definition) is 1. The molecule has 0 spiro atoms. The van der Waals surface area contributed by atoms with Crippen molar-refractivity contribution in [3.05, 3.63) is 78.9 Å². The van der Waals surface area contributed by atoms with Gasteiger partial charge in [-0.05, 0) is 18.0 Å². The van der Waals surface area contributed by atoms with Crippen LogP contribution in [-0.4, -0.2) is 28.3 Å². The van der Waals surface area contributed by atoms with Crippen molar-refractivity contribution in [3.8, 4) is 0 Å². The lowest BCUT2D eigenvalue weighted by Crippen LogP contribution is -2.33. The van der Waals surface area contributed by atoms with Gasteiger partial charge in [-0.3, -0.25) is 14.3 Å². The van der Waals surface area contributed by atoms with Crippen molar-refractivity contribution in [2.45, 2.75) is 38.3 Å². The van der Waals surface area contributed by atoms with E-state index in [1.807, 2.05) is 30.3 Å². The quantitative estimate of drug-likeness (QED) is 0.300. The largest absolute Gasteiger partial charge is 0.697 e. The lowest BCUT2D eigenvalue weighted by atomic mass is 10.1. The van der Waals surface area contributed by atoms with Crippen LogP contribution < -0.4 is 11.2 Å². The van der Waals surface area contributed by atoms with E-state index in [2.05, 4.69) is 15.0 Å². The monoisotopic (exact) mass is 420 g/mol. The number of ether oxygens (including phenoxy) is 1. The number of aromatic amines is 1. The third kappa shape index (κ3) is 5.38. The number of benzene rings is 1. The Labute approximate surface area is 165 Å². The van der Waals surface area contributed by atoms with Crippen LogP contribution in [0.25, 0.3) is 10.4 Å². The average molecular weight is 420 g/mol. The van der Waals surface area contributed by atoms with Crippen molar-refractivity contribution in [2.75, 3.05) is 6.61 Å². The third-order valence-corrected chi connectivity index (χ3v) is 5.08. The predicted octanol–water partition coefficient (Wildman–Crippen LogP) is 2.70. The lowest BCUT2D eigenvalue weighted by Gasteiger charge is -2.14. The minimum Gasteiger partial charge on any atom is -0.352 e. The summed E-state index contributed by atoms with van der Waals surface area (Å²) in [7, 11) is -2.41. The van der Waals surface area contributed by atoms with Crippen LogP contribution in [0.2, 0.25) is 0 Å². The first-order chi connectivity index (χ1) is 14.0. The smallest absolute Gasteiger partial charge is 0.352 e. The Morgan fingerprint density at radius 3 is 2.83 bits per heavy atom. The minimum absolute atomic E-state index is 0.121. The molecule has 0 aliphatic carbocycles. The Hall–Kier alpha value is -2.81. The van der Waals surface area contributed by atoms with Crippen molar-refractivity contribution in [3.63, 3.8) is 0 Å². The first-order valence-electron chi connectivity index (χ1n) is 8.76. The van der Waals surface area contributed by atoms with E-state index in [9.17, 15) is 14.2 Å². The van der Waals surface area contributed by atoms with E-state index in [4.69, 9.17) is 19.3 Å². The number of azide groups is 1. The van der Waals surface area contributed by atoms with Crippen molar-refractivity contribution >= 4 is 8.25 Å². The van der Waals surface area contributed by atoms with Crippen LogP contribution in [0.4, 0.5) is 0 Å². The molecule has 1 aromatic heterocycles. The fourth-order valence-corrected chi connectivity index (χ4v) is 3.49. The summed E-state index contributed by atoms with van der Waals surface area (Å²) in [4.78, 5) is 28.6. The van der Waals surface area contributed by atoms with Gasteiger partial charge in [-0.15, -0.1) is 9.05 Å². The molecule has 1 saturated heterocycles. The SMILES string of the molecule is Cc1cn([C@H]2C[C@H](N=[N+]=[N-])[C@@H](CO[P+](=O)OCc3ccccc3)O2)c(=O)[nH]c1=O. The molecule has 12 heteroatoms. The van der Waals surface area contributed by atoms with Gasteiger partial charge in [0.05, 0.1) is 12.1 Å². The first-order valence-corrected chi connectivity index (χ1v) is 9.86. The van der Waals surface area contributed by atoms with E-state index in [-0.39, 0.29) is 19.6 Å². The van der Waals surface area contributed by atoms with Crippen LogP contribution in [0.15, 0.2) is 51.2 Å². The number of H-pyrrole nitrogens is 1. The molecule has 0 saturated carbocycles. The molecule has 11 nitrogen and oxygen atoms in total. The molecule has 1 aromatic carbocycles. The van der Waals surface area contributed by atoms with Crippen molar-refractivity contribution < 1.29 is 18.3 Å². The molecule has 29 heavy (non-hydrogen) atoms. The van der Waals surface area contributed by atoms with Gasteiger partial charge >= 0.3 is 13.9 Å². The lowest BCUT2D eigenvalue weighted by molar-refractivity contribution is -0.0237. The molecular formula is C17H19N5O6P+. The molecule has 0 bridgehead atoms. The Kier molecular flexibility index (Phi) is 6.92.